The molecule has 0 aliphatic carbocycles. The molecule has 3 nitrogen and oxygen atoms in total. The molecule has 2 fully saturated rings. The Morgan fingerprint density at radius 2 is 2.17 bits per heavy atom. The fourth-order valence-electron chi connectivity index (χ4n) is 2.53. The van der Waals surface area contributed by atoms with Crippen molar-refractivity contribution >= 4 is 5.91 Å². The van der Waals surface area contributed by atoms with Crippen molar-refractivity contribution in [2.75, 3.05) is 13.2 Å². The van der Waals surface area contributed by atoms with Crippen LogP contribution in [0.2, 0.25) is 0 Å². The number of fused-ring (bicyclic) bond motifs is 1. The molecule has 0 aromatic rings. The summed E-state index contributed by atoms with van der Waals surface area (Å²) in [6.07, 6.45) is 4.69. The van der Waals surface area contributed by atoms with E-state index < -0.39 is 0 Å². The van der Waals surface area contributed by atoms with Gasteiger partial charge in [-0.1, -0.05) is 0 Å². The molecular formula is C9H15NO2. The highest BCUT2D eigenvalue weighted by Gasteiger charge is 2.44. The van der Waals surface area contributed by atoms with E-state index in [4.69, 9.17) is 0 Å². The molecule has 0 saturated carbocycles. The van der Waals surface area contributed by atoms with E-state index >= 15 is 0 Å². The van der Waals surface area contributed by atoms with E-state index in [9.17, 15) is 9.90 Å². The molecule has 0 aromatic carbocycles. The topological polar surface area (TPSA) is 40.5 Å². The summed E-state index contributed by atoms with van der Waals surface area (Å²) in [5.74, 6) is 0.243. The number of hydrogen-bond acceptors (Lipinski definition) is 2. The van der Waals surface area contributed by atoms with Crippen molar-refractivity contribution < 1.29 is 9.90 Å². The summed E-state index contributed by atoms with van der Waals surface area (Å²) in [6.45, 7) is 1.01. The van der Waals surface area contributed by atoms with Gasteiger partial charge in [-0.15, -0.1) is 0 Å². The van der Waals surface area contributed by atoms with Crippen LogP contribution in [0.4, 0.5) is 0 Å². The highest BCUT2D eigenvalue weighted by atomic mass is 16.3. The normalized spacial score (nSPS) is 35.4. The minimum atomic E-state index is -0.157. The zero-order valence-corrected chi connectivity index (χ0v) is 7.25. The quantitative estimate of drug-likeness (QED) is 0.621. The number of piperidine rings is 1. The van der Waals surface area contributed by atoms with Gasteiger partial charge in [0.15, 0.2) is 0 Å². The van der Waals surface area contributed by atoms with Crippen molar-refractivity contribution in [2.24, 2.45) is 0 Å². The zero-order chi connectivity index (χ0) is 8.60. The lowest BCUT2D eigenvalue weighted by atomic mass is 9.87. The second-order valence-corrected chi connectivity index (χ2v) is 3.88. The van der Waals surface area contributed by atoms with Crippen molar-refractivity contribution in [2.45, 2.75) is 37.6 Å². The van der Waals surface area contributed by atoms with Crippen LogP contribution in [-0.2, 0) is 4.79 Å². The van der Waals surface area contributed by atoms with Gasteiger partial charge in [-0.3, -0.25) is 4.79 Å². The van der Waals surface area contributed by atoms with E-state index in [1.807, 2.05) is 4.90 Å². The average molecular weight is 169 g/mol. The number of hydrogen-bond donors (Lipinski definition) is 1. The van der Waals surface area contributed by atoms with Crippen LogP contribution in [0.5, 0.6) is 0 Å². The first kappa shape index (κ1) is 8.05. The van der Waals surface area contributed by atoms with Gasteiger partial charge in [-0.25, -0.2) is 0 Å². The fraction of sp³-hybridized carbons (Fsp3) is 0.889. The predicted molar refractivity (Wildman–Crippen MR) is 44.6 cm³/mol. The molecule has 0 bridgehead atoms. The average Bonchev–Trinajstić information content (AvgIpc) is 2.50. The summed E-state index contributed by atoms with van der Waals surface area (Å²) in [6, 6.07) is 0. The van der Waals surface area contributed by atoms with Crippen LogP contribution in [-0.4, -0.2) is 34.6 Å². The highest BCUT2D eigenvalue weighted by molar-refractivity contribution is 5.78. The number of aliphatic hydroxyl groups is 1. The molecule has 2 rings (SSSR count). The molecule has 3 heteroatoms. The monoisotopic (exact) mass is 169 g/mol. The summed E-state index contributed by atoms with van der Waals surface area (Å²) in [7, 11) is 0. The lowest BCUT2D eigenvalue weighted by Gasteiger charge is -2.40. The van der Waals surface area contributed by atoms with Crippen LogP contribution >= 0.6 is 0 Å². The van der Waals surface area contributed by atoms with Gasteiger partial charge < -0.3 is 10.0 Å². The summed E-state index contributed by atoms with van der Waals surface area (Å²) in [4.78, 5) is 13.4. The summed E-state index contributed by atoms with van der Waals surface area (Å²) in [5, 5.41) is 9.28. The molecule has 1 atom stereocenters. The minimum Gasteiger partial charge on any atom is -0.394 e. The van der Waals surface area contributed by atoms with Crippen molar-refractivity contribution in [3.8, 4) is 0 Å². The van der Waals surface area contributed by atoms with Crippen molar-refractivity contribution in [1.82, 2.24) is 4.90 Å². The van der Waals surface area contributed by atoms with E-state index in [-0.39, 0.29) is 18.1 Å². The maximum Gasteiger partial charge on any atom is 0.223 e. The maximum absolute atomic E-state index is 11.5. The molecule has 2 saturated heterocycles. The van der Waals surface area contributed by atoms with E-state index in [0.29, 0.717) is 6.42 Å². The molecule has 0 aromatic heterocycles. The van der Waals surface area contributed by atoms with Gasteiger partial charge in [0.25, 0.3) is 0 Å². The number of carbonyl (C=O) groups excluding carboxylic acids is 1. The molecule has 1 unspecified atom stereocenters. The molecule has 2 aliphatic heterocycles. The largest absolute Gasteiger partial charge is 0.394 e. The second-order valence-electron chi connectivity index (χ2n) is 3.88. The molecule has 1 amide bonds. The van der Waals surface area contributed by atoms with Crippen LogP contribution in [0.15, 0.2) is 0 Å². The Bertz CT molecular complexity index is 205. The third-order valence-corrected chi connectivity index (χ3v) is 3.22. The molecule has 1 N–H and O–H groups in total. The molecular weight excluding hydrogens is 154 g/mol. The van der Waals surface area contributed by atoms with E-state index in [1.54, 1.807) is 0 Å². The Morgan fingerprint density at radius 1 is 1.42 bits per heavy atom. The SMILES string of the molecule is O=C1CCCC2(CO)CCCN12. The first-order chi connectivity index (χ1) is 5.78. The van der Waals surface area contributed by atoms with Crippen LogP contribution in [0.25, 0.3) is 0 Å². The smallest absolute Gasteiger partial charge is 0.223 e. The Balaban J connectivity index is 2.22. The number of aliphatic hydroxyl groups excluding tert-OH is 1. The Morgan fingerprint density at radius 3 is 2.83 bits per heavy atom. The molecule has 12 heavy (non-hydrogen) atoms. The third kappa shape index (κ3) is 0.959. The molecule has 68 valence electrons. The summed E-state index contributed by atoms with van der Waals surface area (Å²) < 4.78 is 0. The molecule has 2 aliphatic rings. The zero-order valence-electron chi connectivity index (χ0n) is 7.25. The van der Waals surface area contributed by atoms with Crippen LogP contribution in [0, 0.1) is 0 Å². The van der Waals surface area contributed by atoms with Crippen LogP contribution in [0.1, 0.15) is 32.1 Å². The first-order valence-corrected chi connectivity index (χ1v) is 4.70. The van der Waals surface area contributed by atoms with Gasteiger partial charge in [-0.05, 0) is 25.7 Å². The molecule has 0 radical (unpaired) electrons. The lowest BCUT2D eigenvalue weighted by molar-refractivity contribution is -0.141. The fourth-order valence-corrected chi connectivity index (χ4v) is 2.53. The minimum absolute atomic E-state index is 0.152. The summed E-state index contributed by atoms with van der Waals surface area (Å²) in [5.41, 5.74) is -0.157. The second kappa shape index (κ2) is 2.73. The van der Waals surface area contributed by atoms with Crippen molar-refractivity contribution in [3.63, 3.8) is 0 Å². The number of nitrogens with zero attached hydrogens (tertiary/aromatic N) is 1. The van der Waals surface area contributed by atoms with Gasteiger partial charge in [0.05, 0.1) is 12.1 Å². The van der Waals surface area contributed by atoms with Gasteiger partial charge in [0.2, 0.25) is 5.91 Å². The van der Waals surface area contributed by atoms with Gasteiger partial charge in [0.1, 0.15) is 0 Å². The lowest BCUT2D eigenvalue weighted by Crippen LogP contribution is -2.52. The first-order valence-electron chi connectivity index (χ1n) is 4.70. The number of rotatable bonds is 1. The molecule has 2 heterocycles. The Kier molecular flexibility index (Phi) is 1.83. The number of amides is 1. The Hall–Kier alpha value is -0.570. The molecule has 0 spiro atoms. The highest BCUT2D eigenvalue weighted by Crippen LogP contribution is 2.37. The summed E-state index contributed by atoms with van der Waals surface area (Å²) >= 11 is 0. The Labute approximate surface area is 72.4 Å². The van der Waals surface area contributed by atoms with Gasteiger partial charge >= 0.3 is 0 Å². The van der Waals surface area contributed by atoms with Crippen molar-refractivity contribution in [3.05, 3.63) is 0 Å². The third-order valence-electron chi connectivity index (χ3n) is 3.22. The maximum atomic E-state index is 11.5. The van der Waals surface area contributed by atoms with E-state index in [2.05, 4.69) is 0 Å². The standard InChI is InChI=1S/C9H15NO2/c11-7-9-4-1-3-8(12)10(9)6-2-5-9/h11H,1-7H2. The van der Waals surface area contributed by atoms with E-state index in [1.165, 1.54) is 0 Å². The van der Waals surface area contributed by atoms with Crippen LogP contribution in [0.3, 0.4) is 0 Å². The number of carbonyl (C=O) groups is 1. The van der Waals surface area contributed by atoms with Gasteiger partial charge in [-0.2, -0.15) is 0 Å². The van der Waals surface area contributed by atoms with Crippen LogP contribution < -0.4 is 0 Å². The van der Waals surface area contributed by atoms with E-state index in [0.717, 1.165) is 32.2 Å². The van der Waals surface area contributed by atoms with Crippen molar-refractivity contribution in [1.29, 1.82) is 0 Å². The predicted octanol–water partition coefficient (Wildman–Crippen LogP) is 0.524. The van der Waals surface area contributed by atoms with Gasteiger partial charge in [0, 0.05) is 13.0 Å².